The molecule has 1 N–H and O–H groups in total. The third-order valence-corrected chi connectivity index (χ3v) is 6.40. The molecule has 2 fully saturated rings. The molecule has 2 heterocycles. The third-order valence-electron chi connectivity index (χ3n) is 6.40. The van der Waals surface area contributed by atoms with Crippen molar-refractivity contribution < 1.29 is 9.53 Å². The molecule has 4 rings (SSSR count). The first-order valence-electron chi connectivity index (χ1n) is 11.2. The molecule has 2 aromatic rings. The fourth-order valence-electron chi connectivity index (χ4n) is 4.60. The fourth-order valence-corrected chi connectivity index (χ4v) is 4.60. The van der Waals surface area contributed by atoms with Gasteiger partial charge in [-0.15, -0.1) is 0 Å². The highest BCUT2D eigenvalue weighted by molar-refractivity contribution is 5.81. The highest BCUT2D eigenvalue weighted by Crippen LogP contribution is 2.29. The van der Waals surface area contributed by atoms with Gasteiger partial charge >= 0.3 is 0 Å². The van der Waals surface area contributed by atoms with Crippen LogP contribution in [-0.4, -0.2) is 67.2 Å². The second-order valence-corrected chi connectivity index (χ2v) is 8.35. The minimum atomic E-state index is -0.111. The van der Waals surface area contributed by atoms with Crippen molar-refractivity contribution in [3.8, 4) is 0 Å². The van der Waals surface area contributed by atoms with Gasteiger partial charge in [0.05, 0.1) is 18.2 Å². The molecule has 2 aliphatic rings. The summed E-state index contributed by atoms with van der Waals surface area (Å²) in [5.74, 6) is 0.113. The molecular weight excluding hydrogens is 374 g/mol. The van der Waals surface area contributed by atoms with Gasteiger partial charge in [-0.1, -0.05) is 60.7 Å². The largest absolute Gasteiger partial charge is 0.376 e. The van der Waals surface area contributed by atoms with Crippen LogP contribution < -0.4 is 5.32 Å². The average molecular weight is 408 g/mol. The summed E-state index contributed by atoms with van der Waals surface area (Å²) < 4.78 is 5.62. The van der Waals surface area contributed by atoms with Crippen LogP contribution in [0.2, 0.25) is 0 Å². The maximum Gasteiger partial charge on any atom is 0.237 e. The van der Waals surface area contributed by atoms with Crippen LogP contribution in [-0.2, 0) is 9.53 Å². The number of carbonyl (C=O) groups is 1. The number of rotatable bonds is 7. The molecule has 0 radical (unpaired) electrons. The van der Waals surface area contributed by atoms with Gasteiger partial charge < -0.3 is 10.1 Å². The average Bonchev–Trinajstić information content (AvgIpc) is 3.33. The van der Waals surface area contributed by atoms with Gasteiger partial charge in [0, 0.05) is 39.3 Å². The molecule has 2 unspecified atom stereocenters. The molecule has 5 nitrogen and oxygen atoms in total. The van der Waals surface area contributed by atoms with Crippen LogP contribution in [0.4, 0.5) is 0 Å². The Balaban J connectivity index is 1.36. The zero-order valence-corrected chi connectivity index (χ0v) is 17.9. The molecule has 30 heavy (non-hydrogen) atoms. The van der Waals surface area contributed by atoms with E-state index in [1.165, 1.54) is 11.1 Å². The van der Waals surface area contributed by atoms with Crippen molar-refractivity contribution in [2.75, 3.05) is 39.3 Å². The monoisotopic (exact) mass is 407 g/mol. The number of benzene rings is 2. The van der Waals surface area contributed by atoms with Crippen molar-refractivity contribution in [1.29, 1.82) is 0 Å². The lowest BCUT2D eigenvalue weighted by Gasteiger charge is -2.41. The summed E-state index contributed by atoms with van der Waals surface area (Å²) in [6, 6.07) is 21.6. The number of carbonyl (C=O) groups excluding carboxylic acids is 1. The third kappa shape index (κ3) is 5.09. The molecule has 2 aromatic carbocycles. The number of ether oxygens (including phenoxy) is 1. The standard InChI is InChI=1S/C25H33N3O2/c1-20(25(29)26-19-23-13-8-18-30-23)27-14-16-28(17-15-27)24(21-9-4-2-5-10-21)22-11-6-3-7-12-22/h2-7,9-12,20,23-24H,8,13-19H2,1H3,(H,26,29). The predicted octanol–water partition coefficient (Wildman–Crippen LogP) is 3.08. The smallest absolute Gasteiger partial charge is 0.237 e. The van der Waals surface area contributed by atoms with E-state index in [1.54, 1.807) is 0 Å². The van der Waals surface area contributed by atoms with Crippen molar-refractivity contribution in [2.24, 2.45) is 0 Å². The maximum atomic E-state index is 12.6. The Morgan fingerprint density at radius 2 is 1.53 bits per heavy atom. The van der Waals surface area contributed by atoms with E-state index in [4.69, 9.17) is 4.74 Å². The van der Waals surface area contributed by atoms with E-state index >= 15 is 0 Å². The van der Waals surface area contributed by atoms with Gasteiger partial charge in [-0.3, -0.25) is 14.6 Å². The van der Waals surface area contributed by atoms with Gasteiger partial charge in [0.2, 0.25) is 5.91 Å². The summed E-state index contributed by atoms with van der Waals surface area (Å²) in [6.07, 6.45) is 2.34. The first-order valence-corrected chi connectivity index (χ1v) is 11.2. The lowest BCUT2D eigenvalue weighted by atomic mass is 9.96. The first kappa shape index (κ1) is 21.0. The molecule has 5 heteroatoms. The number of nitrogens with zero attached hydrogens (tertiary/aromatic N) is 2. The molecule has 160 valence electrons. The molecule has 2 aliphatic heterocycles. The van der Waals surface area contributed by atoms with Crippen LogP contribution in [0.5, 0.6) is 0 Å². The topological polar surface area (TPSA) is 44.8 Å². The van der Waals surface area contributed by atoms with E-state index in [0.717, 1.165) is 45.6 Å². The Bertz CT molecular complexity index is 745. The van der Waals surface area contributed by atoms with Crippen LogP contribution >= 0.6 is 0 Å². The van der Waals surface area contributed by atoms with Crippen LogP contribution in [0.1, 0.15) is 36.9 Å². The van der Waals surface area contributed by atoms with Gasteiger partial charge in [0.1, 0.15) is 0 Å². The highest BCUT2D eigenvalue weighted by atomic mass is 16.5. The van der Waals surface area contributed by atoms with Crippen LogP contribution in [0.15, 0.2) is 60.7 Å². The summed E-state index contributed by atoms with van der Waals surface area (Å²) in [4.78, 5) is 17.5. The lowest BCUT2D eigenvalue weighted by molar-refractivity contribution is -0.127. The Hall–Kier alpha value is -2.21. The Morgan fingerprint density at radius 1 is 0.967 bits per heavy atom. The fraction of sp³-hybridized carbons (Fsp3) is 0.480. The Kier molecular flexibility index (Phi) is 7.16. The summed E-state index contributed by atoms with van der Waals surface area (Å²) in [5.41, 5.74) is 2.64. The second kappa shape index (κ2) is 10.2. The zero-order chi connectivity index (χ0) is 20.8. The zero-order valence-electron chi connectivity index (χ0n) is 17.9. The molecule has 0 aromatic heterocycles. The summed E-state index contributed by atoms with van der Waals surface area (Å²) in [5, 5.41) is 3.09. The molecule has 1 amide bonds. The predicted molar refractivity (Wildman–Crippen MR) is 119 cm³/mol. The van der Waals surface area contributed by atoms with Crippen molar-refractivity contribution >= 4 is 5.91 Å². The van der Waals surface area contributed by atoms with E-state index in [0.29, 0.717) is 6.54 Å². The van der Waals surface area contributed by atoms with Gasteiger partial charge in [-0.25, -0.2) is 0 Å². The quantitative estimate of drug-likeness (QED) is 0.766. The molecule has 2 atom stereocenters. The van der Waals surface area contributed by atoms with Crippen LogP contribution in [0.3, 0.4) is 0 Å². The minimum absolute atomic E-state index is 0.111. The van der Waals surface area contributed by atoms with Gasteiger partial charge in [0.25, 0.3) is 0 Å². The minimum Gasteiger partial charge on any atom is -0.376 e. The van der Waals surface area contributed by atoms with Crippen molar-refractivity contribution in [2.45, 2.75) is 38.0 Å². The number of hydrogen-bond donors (Lipinski definition) is 1. The van der Waals surface area contributed by atoms with Crippen molar-refractivity contribution in [3.05, 3.63) is 71.8 Å². The summed E-state index contributed by atoms with van der Waals surface area (Å²) >= 11 is 0. The Morgan fingerprint density at radius 3 is 2.07 bits per heavy atom. The van der Waals surface area contributed by atoms with E-state index in [-0.39, 0.29) is 24.1 Å². The number of nitrogens with one attached hydrogen (secondary N) is 1. The number of hydrogen-bond acceptors (Lipinski definition) is 4. The molecule has 0 saturated carbocycles. The van der Waals surface area contributed by atoms with Crippen molar-refractivity contribution in [3.63, 3.8) is 0 Å². The first-order chi connectivity index (χ1) is 14.7. The van der Waals surface area contributed by atoms with Crippen LogP contribution in [0.25, 0.3) is 0 Å². The van der Waals surface area contributed by atoms with Gasteiger partial charge in [0.15, 0.2) is 0 Å². The van der Waals surface area contributed by atoms with E-state index in [2.05, 4.69) is 75.8 Å². The summed E-state index contributed by atoms with van der Waals surface area (Å²) in [7, 11) is 0. The summed E-state index contributed by atoms with van der Waals surface area (Å²) in [6.45, 7) is 7.15. The molecule has 2 saturated heterocycles. The molecule has 0 aliphatic carbocycles. The highest BCUT2D eigenvalue weighted by Gasteiger charge is 2.30. The second-order valence-electron chi connectivity index (χ2n) is 8.35. The molecular formula is C25H33N3O2. The maximum absolute atomic E-state index is 12.6. The molecule has 0 bridgehead atoms. The molecule has 0 spiro atoms. The van der Waals surface area contributed by atoms with Crippen LogP contribution in [0, 0.1) is 0 Å². The van der Waals surface area contributed by atoms with E-state index < -0.39 is 0 Å². The SMILES string of the molecule is CC(C(=O)NCC1CCCO1)N1CCN(C(c2ccccc2)c2ccccc2)CC1. The Labute approximate surface area is 180 Å². The number of amides is 1. The van der Waals surface area contributed by atoms with Gasteiger partial charge in [-0.05, 0) is 30.9 Å². The van der Waals surface area contributed by atoms with E-state index in [9.17, 15) is 4.79 Å². The lowest BCUT2D eigenvalue weighted by Crippen LogP contribution is -2.55. The van der Waals surface area contributed by atoms with E-state index in [1.807, 2.05) is 6.92 Å². The van der Waals surface area contributed by atoms with Gasteiger partial charge in [-0.2, -0.15) is 0 Å². The van der Waals surface area contributed by atoms with Crippen molar-refractivity contribution in [1.82, 2.24) is 15.1 Å². The normalized spacial score (nSPS) is 21.6. The number of piperazine rings is 1.